The monoisotopic (exact) mass is 421 g/mol. The summed E-state index contributed by atoms with van der Waals surface area (Å²) in [5.41, 5.74) is 9.28. The number of aromatic nitrogens is 3. The molecule has 1 aliphatic heterocycles. The number of benzene rings is 1. The maximum Gasteiger partial charge on any atom is 0.222 e. The van der Waals surface area contributed by atoms with Gasteiger partial charge >= 0.3 is 0 Å². The third kappa shape index (κ3) is 4.23. The molecule has 1 aliphatic rings. The Balaban J connectivity index is 1.42. The van der Waals surface area contributed by atoms with Gasteiger partial charge in [-0.1, -0.05) is 23.4 Å². The first-order valence-corrected chi connectivity index (χ1v) is 10.6. The fraction of sp³-hybridized carbons (Fsp3) is 0.391. The number of rotatable bonds is 6. The molecule has 8 heteroatoms. The highest BCUT2D eigenvalue weighted by atomic mass is 16.5. The first-order valence-electron chi connectivity index (χ1n) is 10.6. The van der Waals surface area contributed by atoms with Crippen LogP contribution in [0.1, 0.15) is 46.6 Å². The molecule has 162 valence electrons. The molecule has 0 bridgehead atoms. The van der Waals surface area contributed by atoms with Crippen molar-refractivity contribution < 1.29 is 14.1 Å². The van der Waals surface area contributed by atoms with E-state index in [0.717, 1.165) is 35.5 Å². The van der Waals surface area contributed by atoms with Crippen molar-refractivity contribution in [3.8, 4) is 5.69 Å². The van der Waals surface area contributed by atoms with E-state index in [1.165, 1.54) is 6.20 Å². The first-order chi connectivity index (χ1) is 15.0. The number of likely N-dealkylation sites (tertiary alicyclic amines) is 1. The number of amides is 1. The van der Waals surface area contributed by atoms with Crippen molar-refractivity contribution in [1.29, 1.82) is 0 Å². The molecule has 3 heterocycles. The molecule has 2 N–H and O–H groups in total. The van der Waals surface area contributed by atoms with Crippen LogP contribution in [0.5, 0.6) is 0 Å². The smallest absolute Gasteiger partial charge is 0.222 e. The summed E-state index contributed by atoms with van der Waals surface area (Å²) < 4.78 is 6.75. The van der Waals surface area contributed by atoms with Crippen molar-refractivity contribution >= 4 is 17.5 Å². The quantitative estimate of drug-likeness (QED) is 0.613. The molecule has 1 aromatic carbocycles. The van der Waals surface area contributed by atoms with Crippen LogP contribution in [-0.2, 0) is 11.2 Å². The Morgan fingerprint density at radius 1 is 1.23 bits per heavy atom. The van der Waals surface area contributed by atoms with Crippen molar-refractivity contribution in [3.05, 3.63) is 59.1 Å². The van der Waals surface area contributed by atoms with Crippen LogP contribution in [0.4, 0.5) is 5.82 Å². The van der Waals surface area contributed by atoms with E-state index in [2.05, 4.69) is 10.3 Å². The number of nitrogens with two attached hydrogens (primary N) is 1. The summed E-state index contributed by atoms with van der Waals surface area (Å²) in [4.78, 5) is 27.8. The third-order valence-electron chi connectivity index (χ3n) is 5.99. The molecule has 8 nitrogen and oxygen atoms in total. The standard InChI is InChI=1S/C23H27N5O3/c1-15-19(16(2)31-26-15)10-11-21(29)27-12-6-7-17(14-27)22(30)20-13-25-28(23(20)24)18-8-4-3-5-9-18/h3-5,8-9,13,17H,6-7,10-12,14,24H2,1-2H3. The van der Waals surface area contributed by atoms with Crippen LogP contribution >= 0.6 is 0 Å². The average Bonchev–Trinajstić information content (AvgIpc) is 3.33. The Bertz CT molecular complexity index is 1070. The number of anilines is 1. The molecule has 1 saturated heterocycles. The number of hydrogen-bond acceptors (Lipinski definition) is 6. The minimum atomic E-state index is -0.271. The molecule has 1 amide bonds. The van der Waals surface area contributed by atoms with Gasteiger partial charge in [-0.2, -0.15) is 5.10 Å². The molecule has 0 saturated carbocycles. The molecule has 4 rings (SSSR count). The second kappa shape index (κ2) is 8.75. The lowest BCUT2D eigenvalue weighted by Gasteiger charge is -2.32. The number of aryl methyl sites for hydroxylation is 2. The Labute approximate surface area is 181 Å². The summed E-state index contributed by atoms with van der Waals surface area (Å²) in [5.74, 6) is 0.807. The number of nitrogen functional groups attached to an aromatic ring is 1. The van der Waals surface area contributed by atoms with Crippen molar-refractivity contribution in [1.82, 2.24) is 19.8 Å². The minimum Gasteiger partial charge on any atom is -0.383 e. The fourth-order valence-corrected chi connectivity index (χ4v) is 4.21. The van der Waals surface area contributed by atoms with Gasteiger partial charge in [0, 0.05) is 31.0 Å². The largest absolute Gasteiger partial charge is 0.383 e. The van der Waals surface area contributed by atoms with Gasteiger partial charge in [-0.15, -0.1) is 0 Å². The lowest BCUT2D eigenvalue weighted by atomic mass is 9.90. The lowest BCUT2D eigenvalue weighted by molar-refractivity contribution is -0.132. The molecule has 0 aliphatic carbocycles. The molecule has 1 unspecified atom stereocenters. The van der Waals surface area contributed by atoms with Crippen LogP contribution in [0.2, 0.25) is 0 Å². The molecule has 2 aromatic heterocycles. The summed E-state index contributed by atoms with van der Waals surface area (Å²) in [6.45, 7) is 4.82. The Morgan fingerprint density at radius 2 is 2.00 bits per heavy atom. The number of piperidine rings is 1. The summed E-state index contributed by atoms with van der Waals surface area (Å²) in [6, 6.07) is 9.47. The van der Waals surface area contributed by atoms with Gasteiger partial charge < -0.3 is 15.2 Å². The Hall–Kier alpha value is -3.42. The molecule has 31 heavy (non-hydrogen) atoms. The van der Waals surface area contributed by atoms with E-state index < -0.39 is 0 Å². The van der Waals surface area contributed by atoms with Crippen LogP contribution in [-0.4, -0.2) is 44.6 Å². The number of para-hydroxylation sites is 1. The fourth-order valence-electron chi connectivity index (χ4n) is 4.21. The van der Waals surface area contributed by atoms with Crippen LogP contribution < -0.4 is 5.73 Å². The number of Topliss-reactive ketones (excluding diaryl/α,β-unsaturated/α-hetero) is 1. The number of hydrogen-bond donors (Lipinski definition) is 1. The van der Waals surface area contributed by atoms with E-state index in [1.807, 2.05) is 44.2 Å². The maximum absolute atomic E-state index is 13.2. The number of carbonyl (C=O) groups excluding carboxylic acids is 2. The normalized spacial score (nSPS) is 16.5. The van der Waals surface area contributed by atoms with E-state index in [1.54, 1.807) is 9.58 Å². The van der Waals surface area contributed by atoms with Crippen LogP contribution in [0.15, 0.2) is 41.1 Å². The predicted octanol–water partition coefficient (Wildman–Crippen LogP) is 3.11. The van der Waals surface area contributed by atoms with Crippen molar-refractivity contribution in [2.45, 2.75) is 39.5 Å². The first kappa shape index (κ1) is 20.8. The molecule has 1 fully saturated rings. The zero-order valence-electron chi connectivity index (χ0n) is 17.9. The minimum absolute atomic E-state index is 0.0467. The molecule has 0 radical (unpaired) electrons. The van der Waals surface area contributed by atoms with Crippen molar-refractivity contribution in [2.24, 2.45) is 5.92 Å². The second-order valence-corrected chi connectivity index (χ2v) is 8.04. The van der Waals surface area contributed by atoms with E-state index >= 15 is 0 Å². The molecular formula is C23H27N5O3. The van der Waals surface area contributed by atoms with Gasteiger partial charge in [0.15, 0.2) is 5.78 Å². The highest BCUT2D eigenvalue weighted by molar-refractivity contribution is 6.02. The Kier molecular flexibility index (Phi) is 5.88. The summed E-state index contributed by atoms with van der Waals surface area (Å²) in [5, 5.41) is 8.25. The van der Waals surface area contributed by atoms with Gasteiger partial charge in [0.2, 0.25) is 5.91 Å². The second-order valence-electron chi connectivity index (χ2n) is 8.04. The summed E-state index contributed by atoms with van der Waals surface area (Å²) >= 11 is 0. The Morgan fingerprint density at radius 3 is 2.71 bits per heavy atom. The van der Waals surface area contributed by atoms with Crippen LogP contribution in [0.3, 0.4) is 0 Å². The average molecular weight is 422 g/mol. The molecular weight excluding hydrogens is 394 g/mol. The van der Waals surface area contributed by atoms with Gasteiger partial charge in [-0.25, -0.2) is 4.68 Å². The lowest BCUT2D eigenvalue weighted by Crippen LogP contribution is -2.42. The zero-order valence-corrected chi connectivity index (χ0v) is 17.9. The van der Waals surface area contributed by atoms with E-state index in [4.69, 9.17) is 10.3 Å². The highest BCUT2D eigenvalue weighted by Crippen LogP contribution is 2.26. The van der Waals surface area contributed by atoms with Gasteiger partial charge in [-0.3, -0.25) is 9.59 Å². The van der Waals surface area contributed by atoms with Crippen LogP contribution in [0.25, 0.3) is 5.69 Å². The molecule has 1 atom stereocenters. The van der Waals surface area contributed by atoms with Crippen molar-refractivity contribution in [2.75, 3.05) is 18.8 Å². The van der Waals surface area contributed by atoms with E-state index in [0.29, 0.717) is 37.3 Å². The van der Waals surface area contributed by atoms with Gasteiger partial charge in [-0.05, 0) is 45.2 Å². The SMILES string of the molecule is Cc1noc(C)c1CCC(=O)N1CCCC(C(=O)c2cnn(-c3ccccc3)c2N)C1. The van der Waals surface area contributed by atoms with Crippen molar-refractivity contribution in [3.63, 3.8) is 0 Å². The number of nitrogens with zero attached hydrogens (tertiary/aromatic N) is 4. The molecule has 3 aromatic rings. The highest BCUT2D eigenvalue weighted by Gasteiger charge is 2.31. The summed E-state index contributed by atoms with van der Waals surface area (Å²) in [7, 11) is 0. The van der Waals surface area contributed by atoms with E-state index in [-0.39, 0.29) is 17.6 Å². The van der Waals surface area contributed by atoms with Gasteiger partial charge in [0.1, 0.15) is 11.6 Å². The van der Waals surface area contributed by atoms with Gasteiger partial charge in [0.25, 0.3) is 0 Å². The third-order valence-corrected chi connectivity index (χ3v) is 5.99. The molecule has 0 spiro atoms. The zero-order chi connectivity index (χ0) is 22.0. The number of carbonyl (C=O) groups is 2. The predicted molar refractivity (Wildman–Crippen MR) is 116 cm³/mol. The van der Waals surface area contributed by atoms with Gasteiger partial charge in [0.05, 0.1) is 23.1 Å². The van der Waals surface area contributed by atoms with Crippen LogP contribution in [0, 0.1) is 19.8 Å². The summed E-state index contributed by atoms with van der Waals surface area (Å²) in [6.07, 6.45) is 4.02. The van der Waals surface area contributed by atoms with E-state index in [9.17, 15) is 9.59 Å². The maximum atomic E-state index is 13.2. The topological polar surface area (TPSA) is 107 Å². The number of ketones is 1.